The molecule has 2 rings (SSSR count). The van der Waals surface area contributed by atoms with E-state index in [-0.39, 0.29) is 24.0 Å². The van der Waals surface area contributed by atoms with Crippen LogP contribution in [0.25, 0.3) is 0 Å². The third kappa shape index (κ3) is 5.23. The third-order valence-electron chi connectivity index (χ3n) is 3.55. The van der Waals surface area contributed by atoms with E-state index in [1.807, 2.05) is 23.9 Å². The second-order valence-corrected chi connectivity index (χ2v) is 6.01. The molecule has 1 fully saturated rings. The highest BCUT2D eigenvalue weighted by atomic mass is 127. The van der Waals surface area contributed by atoms with Gasteiger partial charge in [0, 0.05) is 36.7 Å². The molecule has 23 heavy (non-hydrogen) atoms. The molecule has 1 saturated heterocycles. The van der Waals surface area contributed by atoms with Crippen molar-refractivity contribution in [1.29, 1.82) is 0 Å². The Kier molecular flexibility index (Phi) is 8.67. The van der Waals surface area contributed by atoms with E-state index in [0.29, 0.717) is 29.8 Å². The second kappa shape index (κ2) is 9.96. The van der Waals surface area contributed by atoms with E-state index in [2.05, 4.69) is 9.89 Å². The van der Waals surface area contributed by atoms with Gasteiger partial charge in [-0.25, -0.2) is 4.99 Å². The Morgan fingerprint density at radius 3 is 2.17 bits per heavy atom. The van der Waals surface area contributed by atoms with E-state index in [1.165, 1.54) is 0 Å². The van der Waals surface area contributed by atoms with Crippen LogP contribution in [0.1, 0.15) is 5.56 Å². The number of hydrogen-bond acceptors (Lipinski definition) is 5. The molecule has 0 unspecified atom stereocenters. The largest absolute Gasteiger partial charge is 0.496 e. The van der Waals surface area contributed by atoms with Crippen LogP contribution in [0.15, 0.2) is 17.1 Å². The Hall–Kier alpha value is -1.03. The van der Waals surface area contributed by atoms with Gasteiger partial charge in [0.1, 0.15) is 17.2 Å². The summed E-state index contributed by atoms with van der Waals surface area (Å²) < 4.78 is 16.1. The Morgan fingerprint density at radius 2 is 1.70 bits per heavy atom. The van der Waals surface area contributed by atoms with Gasteiger partial charge in [-0.3, -0.25) is 0 Å². The highest BCUT2D eigenvalue weighted by Gasteiger charge is 2.15. The summed E-state index contributed by atoms with van der Waals surface area (Å²) in [6.45, 7) is 2.29. The molecule has 1 heterocycles. The fourth-order valence-corrected chi connectivity index (χ4v) is 3.19. The summed E-state index contributed by atoms with van der Waals surface area (Å²) in [6.07, 6.45) is 0. The van der Waals surface area contributed by atoms with Gasteiger partial charge in [0.15, 0.2) is 5.96 Å². The Labute approximate surface area is 158 Å². The van der Waals surface area contributed by atoms with E-state index in [9.17, 15) is 0 Å². The molecule has 0 atom stereocenters. The molecule has 0 saturated carbocycles. The lowest BCUT2D eigenvalue weighted by atomic mass is 10.1. The molecular formula is C15H24IN3O3S. The van der Waals surface area contributed by atoms with Crippen molar-refractivity contribution in [3.05, 3.63) is 17.7 Å². The van der Waals surface area contributed by atoms with Gasteiger partial charge in [0.05, 0.1) is 33.4 Å². The number of hydrogen-bond donors (Lipinski definition) is 1. The summed E-state index contributed by atoms with van der Waals surface area (Å²) in [5.41, 5.74) is 6.96. The molecular weight excluding hydrogens is 429 g/mol. The normalized spacial score (nSPS) is 14.9. The zero-order chi connectivity index (χ0) is 15.9. The number of nitrogens with zero attached hydrogens (tertiary/aromatic N) is 2. The van der Waals surface area contributed by atoms with Crippen LogP contribution in [0.4, 0.5) is 0 Å². The van der Waals surface area contributed by atoms with Crippen molar-refractivity contribution in [2.24, 2.45) is 10.7 Å². The summed E-state index contributed by atoms with van der Waals surface area (Å²) in [5.74, 6) is 4.79. The van der Waals surface area contributed by atoms with Crippen molar-refractivity contribution in [1.82, 2.24) is 4.90 Å². The molecule has 2 N–H and O–H groups in total. The van der Waals surface area contributed by atoms with Crippen molar-refractivity contribution in [2.45, 2.75) is 6.54 Å². The predicted molar refractivity (Wildman–Crippen MR) is 106 cm³/mol. The van der Waals surface area contributed by atoms with Crippen molar-refractivity contribution < 1.29 is 14.2 Å². The van der Waals surface area contributed by atoms with E-state index in [1.54, 1.807) is 21.3 Å². The lowest BCUT2D eigenvalue weighted by Crippen LogP contribution is -2.42. The van der Waals surface area contributed by atoms with Crippen molar-refractivity contribution in [3.63, 3.8) is 0 Å². The first-order valence-corrected chi connectivity index (χ1v) is 8.26. The SMILES string of the molecule is COc1cc(OC)c(CN=C(N)N2CCSCC2)c(OC)c1.I. The molecule has 1 aliphatic heterocycles. The molecule has 0 amide bonds. The number of aliphatic imine (C=N–C) groups is 1. The maximum absolute atomic E-state index is 6.10. The Morgan fingerprint density at radius 1 is 1.13 bits per heavy atom. The highest BCUT2D eigenvalue weighted by molar-refractivity contribution is 14.0. The number of ether oxygens (including phenoxy) is 3. The van der Waals surface area contributed by atoms with Crippen molar-refractivity contribution in [3.8, 4) is 17.2 Å². The molecule has 6 nitrogen and oxygen atoms in total. The standard InChI is InChI=1S/C15H23N3O3S.HI/c1-19-11-8-13(20-2)12(14(9-11)21-3)10-17-15(16)18-4-6-22-7-5-18;/h8-9H,4-7,10H2,1-3H3,(H2,16,17);1H. The number of nitrogens with two attached hydrogens (primary N) is 1. The molecule has 0 bridgehead atoms. The maximum atomic E-state index is 6.10. The van der Waals surface area contributed by atoms with Gasteiger partial charge in [-0.1, -0.05) is 0 Å². The Bertz CT molecular complexity index is 512. The highest BCUT2D eigenvalue weighted by Crippen LogP contribution is 2.34. The topological polar surface area (TPSA) is 69.3 Å². The van der Waals surface area contributed by atoms with Gasteiger partial charge < -0.3 is 24.8 Å². The summed E-state index contributed by atoms with van der Waals surface area (Å²) in [7, 11) is 4.84. The molecule has 8 heteroatoms. The van der Waals surface area contributed by atoms with E-state index < -0.39 is 0 Å². The minimum absolute atomic E-state index is 0. The van der Waals surface area contributed by atoms with Crippen LogP contribution >= 0.6 is 35.7 Å². The molecule has 0 spiro atoms. The second-order valence-electron chi connectivity index (χ2n) is 4.78. The van der Waals surface area contributed by atoms with Gasteiger partial charge in [-0.2, -0.15) is 11.8 Å². The van der Waals surface area contributed by atoms with E-state index in [0.717, 1.165) is 30.2 Å². The molecule has 0 radical (unpaired) electrons. The lowest BCUT2D eigenvalue weighted by Gasteiger charge is -2.27. The first-order valence-electron chi connectivity index (χ1n) is 7.11. The molecule has 0 aromatic heterocycles. The molecule has 1 aromatic rings. The third-order valence-corrected chi connectivity index (χ3v) is 4.49. The monoisotopic (exact) mass is 453 g/mol. The molecule has 1 aromatic carbocycles. The minimum atomic E-state index is 0. The summed E-state index contributed by atoms with van der Waals surface area (Å²) in [4.78, 5) is 6.61. The number of methoxy groups -OCH3 is 3. The minimum Gasteiger partial charge on any atom is -0.496 e. The van der Waals surface area contributed by atoms with Gasteiger partial charge >= 0.3 is 0 Å². The maximum Gasteiger partial charge on any atom is 0.191 e. The van der Waals surface area contributed by atoms with Crippen molar-refractivity contribution in [2.75, 3.05) is 45.9 Å². The number of rotatable bonds is 5. The molecule has 130 valence electrons. The van der Waals surface area contributed by atoms with E-state index >= 15 is 0 Å². The Balaban J connectivity index is 0.00000264. The van der Waals surface area contributed by atoms with Crippen LogP contribution in [0.2, 0.25) is 0 Å². The first-order chi connectivity index (χ1) is 10.7. The van der Waals surface area contributed by atoms with Crippen LogP contribution in [0.3, 0.4) is 0 Å². The molecule has 1 aliphatic rings. The molecule has 0 aliphatic carbocycles. The van der Waals surface area contributed by atoms with Gasteiger partial charge in [-0.15, -0.1) is 24.0 Å². The van der Waals surface area contributed by atoms with Crippen LogP contribution in [-0.4, -0.2) is 56.8 Å². The number of thioether (sulfide) groups is 1. The summed E-state index contributed by atoms with van der Waals surface area (Å²) in [5, 5.41) is 0. The average Bonchev–Trinajstić information content (AvgIpc) is 2.59. The van der Waals surface area contributed by atoms with Crippen LogP contribution in [-0.2, 0) is 6.54 Å². The lowest BCUT2D eigenvalue weighted by molar-refractivity contribution is 0.368. The fraction of sp³-hybridized carbons (Fsp3) is 0.533. The number of benzene rings is 1. The predicted octanol–water partition coefficient (Wildman–Crippen LogP) is 2.19. The van der Waals surface area contributed by atoms with Gasteiger partial charge in [0.25, 0.3) is 0 Å². The van der Waals surface area contributed by atoms with Gasteiger partial charge in [0.2, 0.25) is 0 Å². The summed E-state index contributed by atoms with van der Waals surface area (Å²) in [6, 6.07) is 3.64. The zero-order valence-corrected chi connectivity index (χ0v) is 16.9. The van der Waals surface area contributed by atoms with Crippen molar-refractivity contribution >= 4 is 41.7 Å². The first kappa shape index (κ1) is 20.0. The quantitative estimate of drug-likeness (QED) is 0.419. The summed E-state index contributed by atoms with van der Waals surface area (Å²) >= 11 is 1.94. The fourth-order valence-electron chi connectivity index (χ4n) is 2.29. The number of guanidine groups is 1. The average molecular weight is 453 g/mol. The van der Waals surface area contributed by atoms with Gasteiger partial charge in [-0.05, 0) is 0 Å². The van der Waals surface area contributed by atoms with Crippen LogP contribution in [0.5, 0.6) is 17.2 Å². The zero-order valence-electron chi connectivity index (χ0n) is 13.7. The van der Waals surface area contributed by atoms with Crippen LogP contribution in [0, 0.1) is 0 Å². The van der Waals surface area contributed by atoms with Crippen LogP contribution < -0.4 is 19.9 Å². The number of halogens is 1. The smallest absolute Gasteiger partial charge is 0.191 e. The van der Waals surface area contributed by atoms with E-state index in [4.69, 9.17) is 19.9 Å².